The Morgan fingerprint density at radius 1 is 1.32 bits per heavy atom. The quantitative estimate of drug-likeness (QED) is 0.710. The predicted octanol–water partition coefficient (Wildman–Crippen LogP) is 2.66. The lowest BCUT2D eigenvalue weighted by molar-refractivity contribution is -0.115. The molecule has 0 unspecified atom stereocenters. The van der Waals surface area contributed by atoms with Crippen LogP contribution < -0.4 is 15.4 Å². The number of rotatable bonds is 8. The number of benzene rings is 1. The number of carbonyl (C=O) groups is 1. The Hall–Kier alpha value is -1.55. The van der Waals surface area contributed by atoms with Gasteiger partial charge in [0.1, 0.15) is 5.75 Å². The summed E-state index contributed by atoms with van der Waals surface area (Å²) in [6.07, 6.45) is 1.02. The van der Waals surface area contributed by atoms with Crippen LogP contribution in [0.25, 0.3) is 0 Å². The summed E-state index contributed by atoms with van der Waals surface area (Å²) in [5, 5.41) is 5.94. The van der Waals surface area contributed by atoms with Crippen molar-refractivity contribution in [3.05, 3.63) is 24.3 Å². The standard InChI is InChI=1S/C15H24N2O2/c1-4-9-16-10-15(18)17-13-7-5-6-8-14(13)19-11-12(2)3/h5-8,12,16H,4,9-11H2,1-3H3,(H,17,18). The molecule has 0 radical (unpaired) electrons. The van der Waals surface area contributed by atoms with Crippen molar-refractivity contribution in [1.82, 2.24) is 5.32 Å². The van der Waals surface area contributed by atoms with Gasteiger partial charge in [-0.3, -0.25) is 4.79 Å². The van der Waals surface area contributed by atoms with Gasteiger partial charge in [-0.05, 0) is 31.0 Å². The second-order valence-corrected chi connectivity index (χ2v) is 4.93. The molecule has 0 spiro atoms. The van der Waals surface area contributed by atoms with Gasteiger partial charge in [-0.2, -0.15) is 0 Å². The first-order valence-corrected chi connectivity index (χ1v) is 6.85. The SMILES string of the molecule is CCCNCC(=O)Nc1ccccc1OCC(C)C. The molecular formula is C15H24N2O2. The van der Waals surface area contributed by atoms with E-state index in [0.29, 0.717) is 19.1 Å². The fourth-order valence-electron chi connectivity index (χ4n) is 1.53. The summed E-state index contributed by atoms with van der Waals surface area (Å²) in [5.41, 5.74) is 0.728. The molecule has 106 valence electrons. The summed E-state index contributed by atoms with van der Waals surface area (Å²) in [6.45, 7) is 8.07. The first-order chi connectivity index (χ1) is 9.13. The number of carbonyl (C=O) groups excluding carboxylic acids is 1. The molecule has 1 aromatic rings. The van der Waals surface area contributed by atoms with Crippen molar-refractivity contribution in [2.45, 2.75) is 27.2 Å². The highest BCUT2D eigenvalue weighted by atomic mass is 16.5. The predicted molar refractivity (Wildman–Crippen MR) is 78.6 cm³/mol. The molecule has 0 fully saturated rings. The Bertz CT molecular complexity index is 391. The maximum Gasteiger partial charge on any atom is 0.238 e. The molecule has 2 N–H and O–H groups in total. The molecule has 0 bridgehead atoms. The van der Waals surface area contributed by atoms with Crippen molar-refractivity contribution in [2.75, 3.05) is 25.0 Å². The van der Waals surface area contributed by atoms with Crippen LogP contribution in [0, 0.1) is 5.92 Å². The van der Waals surface area contributed by atoms with Crippen LogP contribution in [0.2, 0.25) is 0 Å². The van der Waals surface area contributed by atoms with Gasteiger partial charge in [-0.15, -0.1) is 0 Å². The fourth-order valence-corrected chi connectivity index (χ4v) is 1.53. The number of amides is 1. The van der Waals surface area contributed by atoms with Crippen molar-refractivity contribution in [3.63, 3.8) is 0 Å². The maximum absolute atomic E-state index is 11.7. The highest BCUT2D eigenvalue weighted by molar-refractivity contribution is 5.93. The van der Waals surface area contributed by atoms with E-state index in [-0.39, 0.29) is 5.91 Å². The number of hydrogen-bond acceptors (Lipinski definition) is 3. The fraction of sp³-hybridized carbons (Fsp3) is 0.533. The Morgan fingerprint density at radius 2 is 2.05 bits per heavy atom. The van der Waals surface area contributed by atoms with E-state index < -0.39 is 0 Å². The average Bonchev–Trinajstić information content (AvgIpc) is 2.38. The van der Waals surface area contributed by atoms with E-state index in [0.717, 1.165) is 24.4 Å². The molecule has 0 aliphatic heterocycles. The highest BCUT2D eigenvalue weighted by Gasteiger charge is 2.07. The minimum absolute atomic E-state index is 0.0472. The van der Waals surface area contributed by atoms with Gasteiger partial charge in [0.15, 0.2) is 0 Å². The molecule has 1 rings (SSSR count). The third-order valence-corrected chi connectivity index (χ3v) is 2.45. The zero-order chi connectivity index (χ0) is 14.1. The number of para-hydroxylation sites is 2. The van der Waals surface area contributed by atoms with E-state index in [2.05, 4.69) is 31.4 Å². The molecule has 0 saturated heterocycles. The van der Waals surface area contributed by atoms with Gasteiger partial charge in [0, 0.05) is 0 Å². The van der Waals surface area contributed by atoms with Crippen molar-refractivity contribution in [3.8, 4) is 5.75 Å². The highest BCUT2D eigenvalue weighted by Crippen LogP contribution is 2.24. The Kier molecular flexibility index (Phi) is 6.97. The van der Waals surface area contributed by atoms with Crippen LogP contribution in [0.1, 0.15) is 27.2 Å². The number of nitrogens with one attached hydrogen (secondary N) is 2. The van der Waals surface area contributed by atoms with E-state index in [9.17, 15) is 4.79 Å². The van der Waals surface area contributed by atoms with Crippen molar-refractivity contribution >= 4 is 11.6 Å². The molecule has 19 heavy (non-hydrogen) atoms. The molecule has 1 amide bonds. The normalized spacial score (nSPS) is 10.5. The zero-order valence-corrected chi connectivity index (χ0v) is 12.0. The molecule has 0 aliphatic carbocycles. The molecule has 0 atom stereocenters. The van der Waals surface area contributed by atoms with Crippen LogP contribution in [-0.4, -0.2) is 25.6 Å². The molecule has 4 heteroatoms. The lowest BCUT2D eigenvalue weighted by atomic mass is 10.2. The summed E-state index contributed by atoms with van der Waals surface area (Å²) in [5.74, 6) is 1.13. The van der Waals surface area contributed by atoms with Crippen LogP contribution in [0.15, 0.2) is 24.3 Å². The maximum atomic E-state index is 11.7. The van der Waals surface area contributed by atoms with Gasteiger partial charge in [-0.25, -0.2) is 0 Å². The number of anilines is 1. The van der Waals surface area contributed by atoms with Crippen molar-refractivity contribution in [2.24, 2.45) is 5.92 Å². The summed E-state index contributed by atoms with van der Waals surface area (Å²) in [7, 11) is 0. The largest absolute Gasteiger partial charge is 0.491 e. The van der Waals surface area contributed by atoms with Gasteiger partial charge >= 0.3 is 0 Å². The van der Waals surface area contributed by atoms with Crippen molar-refractivity contribution < 1.29 is 9.53 Å². The minimum atomic E-state index is -0.0472. The van der Waals surface area contributed by atoms with E-state index in [1.807, 2.05) is 24.3 Å². The van der Waals surface area contributed by atoms with Crippen molar-refractivity contribution in [1.29, 1.82) is 0 Å². The second-order valence-electron chi connectivity index (χ2n) is 4.93. The Labute approximate surface area is 115 Å². The first-order valence-electron chi connectivity index (χ1n) is 6.85. The molecule has 0 heterocycles. The monoisotopic (exact) mass is 264 g/mol. The van der Waals surface area contributed by atoms with E-state index in [1.54, 1.807) is 0 Å². The molecule has 0 aliphatic rings. The van der Waals surface area contributed by atoms with Gasteiger partial charge in [0.25, 0.3) is 0 Å². The molecule has 4 nitrogen and oxygen atoms in total. The van der Waals surface area contributed by atoms with Crippen LogP contribution in [0.5, 0.6) is 5.75 Å². The summed E-state index contributed by atoms with van der Waals surface area (Å²) >= 11 is 0. The Morgan fingerprint density at radius 3 is 2.74 bits per heavy atom. The van der Waals surface area contributed by atoms with Gasteiger partial charge in [-0.1, -0.05) is 32.9 Å². The summed E-state index contributed by atoms with van der Waals surface area (Å²) in [4.78, 5) is 11.7. The van der Waals surface area contributed by atoms with Crippen LogP contribution >= 0.6 is 0 Å². The third kappa shape index (κ3) is 6.25. The van der Waals surface area contributed by atoms with E-state index in [1.165, 1.54) is 0 Å². The van der Waals surface area contributed by atoms with Crippen LogP contribution in [-0.2, 0) is 4.79 Å². The summed E-state index contributed by atoms with van der Waals surface area (Å²) in [6, 6.07) is 7.52. The summed E-state index contributed by atoms with van der Waals surface area (Å²) < 4.78 is 5.69. The molecular weight excluding hydrogens is 240 g/mol. The van der Waals surface area contributed by atoms with Gasteiger partial charge < -0.3 is 15.4 Å². The lowest BCUT2D eigenvalue weighted by Crippen LogP contribution is -2.28. The third-order valence-electron chi connectivity index (χ3n) is 2.45. The van der Waals surface area contributed by atoms with Crippen LogP contribution in [0.4, 0.5) is 5.69 Å². The zero-order valence-electron chi connectivity index (χ0n) is 12.0. The minimum Gasteiger partial charge on any atom is -0.491 e. The van der Waals surface area contributed by atoms with E-state index >= 15 is 0 Å². The van der Waals surface area contributed by atoms with Gasteiger partial charge in [0.2, 0.25) is 5.91 Å². The second kappa shape index (κ2) is 8.53. The number of hydrogen-bond donors (Lipinski definition) is 2. The van der Waals surface area contributed by atoms with Gasteiger partial charge in [0.05, 0.1) is 18.8 Å². The topological polar surface area (TPSA) is 50.4 Å². The molecule has 0 saturated carbocycles. The first kappa shape index (κ1) is 15.5. The average molecular weight is 264 g/mol. The Balaban J connectivity index is 2.54. The lowest BCUT2D eigenvalue weighted by Gasteiger charge is -2.14. The smallest absolute Gasteiger partial charge is 0.238 e. The van der Waals surface area contributed by atoms with E-state index in [4.69, 9.17) is 4.74 Å². The molecule has 0 aromatic heterocycles. The number of ether oxygens (including phenoxy) is 1. The molecule has 1 aromatic carbocycles. The van der Waals surface area contributed by atoms with Crippen LogP contribution in [0.3, 0.4) is 0 Å².